The summed E-state index contributed by atoms with van der Waals surface area (Å²) in [5.74, 6) is 0.672. The molecule has 7 nitrogen and oxygen atoms in total. The number of hydrogen-bond donors (Lipinski definition) is 2. The second-order valence-corrected chi connectivity index (χ2v) is 7.23. The van der Waals surface area contributed by atoms with Crippen molar-refractivity contribution in [3.8, 4) is 11.4 Å². The Balaban J connectivity index is 1.48. The molecule has 0 bridgehead atoms. The van der Waals surface area contributed by atoms with Crippen molar-refractivity contribution in [2.24, 2.45) is 0 Å². The van der Waals surface area contributed by atoms with Crippen LogP contribution in [0.3, 0.4) is 0 Å². The zero-order chi connectivity index (χ0) is 19.8. The molecule has 1 aromatic carbocycles. The molecule has 3 rings (SSSR count). The van der Waals surface area contributed by atoms with Gasteiger partial charge in [-0.25, -0.2) is 0 Å². The number of aromatic nitrogens is 2. The smallest absolute Gasteiger partial charge is 0.251 e. The summed E-state index contributed by atoms with van der Waals surface area (Å²) in [4.78, 5) is 28.7. The molecule has 0 radical (unpaired) electrons. The van der Waals surface area contributed by atoms with E-state index >= 15 is 0 Å². The number of rotatable bonds is 6. The zero-order valence-corrected chi connectivity index (χ0v) is 16.4. The van der Waals surface area contributed by atoms with Crippen LogP contribution in [0.15, 0.2) is 28.8 Å². The van der Waals surface area contributed by atoms with Gasteiger partial charge in [0.15, 0.2) is 0 Å². The van der Waals surface area contributed by atoms with Gasteiger partial charge in [-0.2, -0.15) is 4.98 Å². The number of carbonyl (C=O) groups excluding carboxylic acids is 2. The molecule has 1 fully saturated rings. The van der Waals surface area contributed by atoms with Gasteiger partial charge in [-0.1, -0.05) is 56.3 Å². The maximum Gasteiger partial charge on any atom is 0.251 e. The Morgan fingerprint density at radius 3 is 2.39 bits per heavy atom. The quantitative estimate of drug-likeness (QED) is 0.797. The van der Waals surface area contributed by atoms with E-state index in [1.807, 2.05) is 6.92 Å². The van der Waals surface area contributed by atoms with E-state index in [-0.39, 0.29) is 24.4 Å². The number of aryl methyl sites for hydroxylation is 1. The van der Waals surface area contributed by atoms with Gasteiger partial charge in [0.25, 0.3) is 5.91 Å². The van der Waals surface area contributed by atoms with Crippen LogP contribution in [-0.4, -0.2) is 34.5 Å². The van der Waals surface area contributed by atoms with Crippen LogP contribution >= 0.6 is 0 Å². The Kier molecular flexibility index (Phi) is 7.17. The summed E-state index contributed by atoms with van der Waals surface area (Å²) < 4.78 is 5.10. The molecule has 150 valence electrons. The van der Waals surface area contributed by atoms with Crippen molar-refractivity contribution in [1.82, 2.24) is 20.8 Å². The molecule has 2 N–H and O–H groups in total. The van der Waals surface area contributed by atoms with Gasteiger partial charge in [-0.05, 0) is 25.0 Å². The summed E-state index contributed by atoms with van der Waals surface area (Å²) >= 11 is 0. The molecular formula is C21H28N4O3. The van der Waals surface area contributed by atoms with E-state index in [9.17, 15) is 9.59 Å². The second kappa shape index (κ2) is 10.0. The lowest BCUT2D eigenvalue weighted by Crippen LogP contribution is -2.42. The molecule has 0 saturated heterocycles. The first-order valence-electron chi connectivity index (χ1n) is 10.2. The van der Waals surface area contributed by atoms with Crippen LogP contribution < -0.4 is 10.6 Å². The second-order valence-electron chi connectivity index (χ2n) is 7.23. The molecule has 1 heterocycles. The molecule has 0 unspecified atom stereocenters. The summed E-state index contributed by atoms with van der Waals surface area (Å²) in [5, 5.41) is 9.66. The van der Waals surface area contributed by atoms with Crippen molar-refractivity contribution in [1.29, 1.82) is 0 Å². The van der Waals surface area contributed by atoms with Gasteiger partial charge in [0.2, 0.25) is 17.6 Å². The highest BCUT2D eigenvalue weighted by atomic mass is 16.5. The monoisotopic (exact) mass is 384 g/mol. The van der Waals surface area contributed by atoms with E-state index in [0.29, 0.717) is 23.7 Å². The lowest BCUT2D eigenvalue weighted by atomic mass is 9.97. The molecule has 1 aliphatic rings. The normalized spacial score (nSPS) is 15.5. The van der Waals surface area contributed by atoms with Gasteiger partial charge < -0.3 is 15.2 Å². The number of carbonyl (C=O) groups is 2. The molecule has 0 aliphatic heterocycles. The van der Waals surface area contributed by atoms with E-state index in [2.05, 4.69) is 20.8 Å². The van der Waals surface area contributed by atoms with E-state index < -0.39 is 0 Å². The van der Waals surface area contributed by atoms with Crippen LogP contribution in [0, 0.1) is 0 Å². The van der Waals surface area contributed by atoms with Crippen molar-refractivity contribution in [2.45, 2.75) is 64.3 Å². The highest BCUT2D eigenvalue weighted by molar-refractivity contribution is 5.96. The van der Waals surface area contributed by atoms with Gasteiger partial charge in [0.05, 0.1) is 6.54 Å². The van der Waals surface area contributed by atoms with Crippen LogP contribution in [-0.2, 0) is 11.2 Å². The fourth-order valence-electron chi connectivity index (χ4n) is 3.43. The van der Waals surface area contributed by atoms with Crippen molar-refractivity contribution < 1.29 is 14.1 Å². The summed E-state index contributed by atoms with van der Waals surface area (Å²) in [7, 11) is 0. The zero-order valence-electron chi connectivity index (χ0n) is 16.4. The van der Waals surface area contributed by atoms with E-state index in [1.165, 1.54) is 19.3 Å². The summed E-state index contributed by atoms with van der Waals surface area (Å²) in [5.41, 5.74) is 1.27. The fourth-order valence-corrected chi connectivity index (χ4v) is 3.43. The van der Waals surface area contributed by atoms with Crippen molar-refractivity contribution in [3.05, 3.63) is 35.7 Å². The fraction of sp³-hybridized carbons (Fsp3) is 0.524. The molecule has 1 aliphatic carbocycles. The molecule has 1 saturated carbocycles. The van der Waals surface area contributed by atoms with Gasteiger partial charge in [-0.3, -0.25) is 9.59 Å². The van der Waals surface area contributed by atoms with E-state index in [1.54, 1.807) is 24.3 Å². The van der Waals surface area contributed by atoms with E-state index in [4.69, 9.17) is 4.52 Å². The first-order valence-corrected chi connectivity index (χ1v) is 10.2. The third kappa shape index (κ3) is 5.65. The van der Waals surface area contributed by atoms with Crippen LogP contribution in [0.5, 0.6) is 0 Å². The summed E-state index contributed by atoms with van der Waals surface area (Å²) in [6, 6.07) is 7.16. The minimum absolute atomic E-state index is 0.0121. The lowest BCUT2D eigenvalue weighted by Gasteiger charge is -2.21. The number of nitrogens with one attached hydrogen (secondary N) is 2. The summed E-state index contributed by atoms with van der Waals surface area (Å²) in [6.45, 7) is 1.93. The standard InChI is InChI=1S/C21H28N4O3/c1-2-19-24-20(25-28-19)15-10-12-16(13-11-15)21(27)22-14-18(26)23-17-8-6-4-3-5-7-9-17/h10-13,17H,2-9,14H2,1H3,(H,22,27)(H,23,26). The van der Waals surface area contributed by atoms with Crippen molar-refractivity contribution in [2.75, 3.05) is 6.54 Å². The van der Waals surface area contributed by atoms with Crippen LogP contribution in [0.25, 0.3) is 11.4 Å². The molecule has 2 amide bonds. The predicted molar refractivity (Wildman–Crippen MR) is 106 cm³/mol. The molecular weight excluding hydrogens is 356 g/mol. The van der Waals surface area contributed by atoms with Gasteiger partial charge in [-0.15, -0.1) is 0 Å². The first-order chi connectivity index (χ1) is 13.7. The first kappa shape index (κ1) is 20.0. The van der Waals surface area contributed by atoms with Gasteiger partial charge >= 0.3 is 0 Å². The minimum Gasteiger partial charge on any atom is -0.352 e. The predicted octanol–water partition coefficient (Wildman–Crippen LogP) is 3.26. The number of benzene rings is 1. The molecule has 28 heavy (non-hydrogen) atoms. The number of amides is 2. The van der Waals surface area contributed by atoms with E-state index in [0.717, 1.165) is 31.2 Å². The number of nitrogens with zero attached hydrogens (tertiary/aromatic N) is 2. The largest absolute Gasteiger partial charge is 0.352 e. The van der Waals surface area contributed by atoms with Crippen LogP contribution in [0.1, 0.15) is 68.1 Å². The third-order valence-corrected chi connectivity index (χ3v) is 5.06. The highest BCUT2D eigenvalue weighted by Gasteiger charge is 2.15. The Labute approximate surface area is 165 Å². The third-order valence-electron chi connectivity index (χ3n) is 5.06. The van der Waals surface area contributed by atoms with Crippen molar-refractivity contribution in [3.63, 3.8) is 0 Å². The molecule has 0 spiro atoms. The topological polar surface area (TPSA) is 97.1 Å². The average Bonchev–Trinajstić information content (AvgIpc) is 3.17. The van der Waals surface area contributed by atoms with Crippen LogP contribution in [0.4, 0.5) is 0 Å². The number of hydrogen-bond acceptors (Lipinski definition) is 5. The maximum atomic E-state index is 12.3. The van der Waals surface area contributed by atoms with Gasteiger partial charge in [0.1, 0.15) is 0 Å². The Morgan fingerprint density at radius 2 is 1.75 bits per heavy atom. The highest BCUT2D eigenvalue weighted by Crippen LogP contribution is 2.18. The molecule has 2 aromatic rings. The SMILES string of the molecule is CCc1nc(-c2ccc(C(=O)NCC(=O)NC3CCCCCCC3)cc2)no1. The Hall–Kier alpha value is -2.70. The molecule has 1 aromatic heterocycles. The Morgan fingerprint density at radius 1 is 1.07 bits per heavy atom. The maximum absolute atomic E-state index is 12.3. The molecule has 0 atom stereocenters. The lowest BCUT2D eigenvalue weighted by molar-refractivity contribution is -0.120. The van der Waals surface area contributed by atoms with Crippen molar-refractivity contribution >= 4 is 11.8 Å². The van der Waals surface area contributed by atoms with Crippen LogP contribution in [0.2, 0.25) is 0 Å². The average molecular weight is 384 g/mol. The van der Waals surface area contributed by atoms with Gasteiger partial charge in [0, 0.05) is 23.6 Å². The summed E-state index contributed by atoms with van der Waals surface area (Å²) in [6.07, 6.45) is 8.81. The minimum atomic E-state index is -0.276. The molecule has 7 heteroatoms. The Bertz CT molecular complexity index is 777.